The van der Waals surface area contributed by atoms with E-state index in [9.17, 15) is 30.7 Å². The second kappa shape index (κ2) is 6.18. The molecule has 0 N–H and O–H groups in total. The molecule has 0 saturated heterocycles. The van der Waals surface area contributed by atoms with Crippen molar-refractivity contribution >= 4 is 10.8 Å². The molecule has 0 heterocycles. The van der Waals surface area contributed by atoms with E-state index in [0.29, 0.717) is 0 Å². The molecule has 0 amide bonds. The molecule has 0 radical (unpaired) electrons. The van der Waals surface area contributed by atoms with Crippen LogP contribution in [-0.4, -0.2) is 0 Å². The number of hydrogen-bond acceptors (Lipinski definition) is 0. The molecule has 0 aliphatic heterocycles. The fraction of sp³-hybridized carbons (Fsp3) is 0. The van der Waals surface area contributed by atoms with Crippen LogP contribution in [0.2, 0.25) is 0 Å². The van der Waals surface area contributed by atoms with Gasteiger partial charge in [-0.05, 0) is 10.8 Å². The second-order valence-corrected chi connectivity index (χ2v) is 3.07. The molecule has 2 aromatic rings. The normalized spacial score (nSPS) is 10.1. The van der Waals surface area contributed by atoms with E-state index in [2.05, 4.69) is 0 Å². The van der Waals surface area contributed by atoms with Crippen LogP contribution in [0, 0.1) is 46.8 Å². The van der Waals surface area contributed by atoms with Crippen LogP contribution < -0.4 is 17.0 Å². The maximum absolute atomic E-state index is 13.1. The van der Waals surface area contributed by atoms with Crippen molar-refractivity contribution in [2.75, 3.05) is 0 Å². The maximum atomic E-state index is 13.1. The van der Waals surface area contributed by atoms with Crippen molar-refractivity contribution in [3.8, 4) is 0 Å². The molecular weight excluding hydrogens is 398 g/mol. The molecule has 0 nitrogen and oxygen atoms in total. The maximum Gasteiger partial charge on any atom is 2.00 e. The van der Waals surface area contributed by atoms with Gasteiger partial charge in [0.1, 0.15) is 11.6 Å². The van der Waals surface area contributed by atoms with E-state index < -0.39 is 51.5 Å². The smallest absolute Gasteiger partial charge is 1.00 e. The van der Waals surface area contributed by atoms with Crippen LogP contribution in [0.4, 0.5) is 30.7 Å². The number of fused-ring (bicyclic) bond motifs is 1. The minimum absolute atomic E-state index is 0. The van der Waals surface area contributed by atoms with Crippen LogP contribution >= 0.6 is 0 Å². The zero-order chi connectivity index (χ0) is 12.9. The first-order valence-corrected chi connectivity index (χ1v) is 4.07. The SMILES string of the molecule is Fc1[c-]c(F)c2c(F)c(F)c(F)c(F)c2c1F.[Br-].[Zn+2]. The summed E-state index contributed by atoms with van der Waals surface area (Å²) in [4.78, 5) is 0. The van der Waals surface area contributed by atoms with Gasteiger partial charge in [0.15, 0.2) is 11.6 Å². The molecule has 98 valence electrons. The van der Waals surface area contributed by atoms with Crippen LogP contribution in [-0.2, 0) is 19.5 Å². The molecule has 19 heavy (non-hydrogen) atoms. The quantitative estimate of drug-likeness (QED) is 0.201. The largest absolute Gasteiger partial charge is 2.00 e. The van der Waals surface area contributed by atoms with E-state index in [1.54, 1.807) is 0 Å². The zero-order valence-electron chi connectivity index (χ0n) is 8.73. The summed E-state index contributed by atoms with van der Waals surface area (Å²) in [6.07, 6.45) is 0. The van der Waals surface area contributed by atoms with Gasteiger partial charge in [0.25, 0.3) is 0 Å². The summed E-state index contributed by atoms with van der Waals surface area (Å²) in [7, 11) is 0. The fourth-order valence-electron chi connectivity index (χ4n) is 1.37. The summed E-state index contributed by atoms with van der Waals surface area (Å²) >= 11 is 0. The van der Waals surface area contributed by atoms with Gasteiger partial charge in [0.2, 0.25) is 0 Å². The minimum atomic E-state index is -2.35. The third-order valence-electron chi connectivity index (χ3n) is 2.12. The molecule has 0 saturated carbocycles. The monoisotopic (exact) mass is 396 g/mol. The molecule has 9 heteroatoms. The third kappa shape index (κ3) is 2.63. The first-order valence-electron chi connectivity index (χ1n) is 4.07. The van der Waals surface area contributed by atoms with Crippen LogP contribution in [0.1, 0.15) is 0 Å². The summed E-state index contributed by atoms with van der Waals surface area (Å²) in [5.74, 6) is -14.9. The first kappa shape index (κ1) is 18.3. The van der Waals surface area contributed by atoms with Gasteiger partial charge in [-0.25, -0.2) is 26.3 Å². The average molecular weight is 398 g/mol. The summed E-state index contributed by atoms with van der Waals surface area (Å²) in [6, 6.07) is 1.09. The molecule has 0 aromatic heterocycles. The predicted molar refractivity (Wildman–Crippen MR) is 42.5 cm³/mol. The van der Waals surface area contributed by atoms with E-state index in [1.165, 1.54) is 0 Å². The Morgan fingerprint density at radius 2 is 0.947 bits per heavy atom. The van der Waals surface area contributed by atoms with Gasteiger partial charge in [-0.15, -0.1) is 6.07 Å². The van der Waals surface area contributed by atoms with Crippen molar-refractivity contribution in [2.24, 2.45) is 0 Å². The van der Waals surface area contributed by atoms with Gasteiger partial charge >= 0.3 is 19.5 Å². The van der Waals surface area contributed by atoms with Crippen LogP contribution in [0.3, 0.4) is 0 Å². The Hall–Kier alpha value is -0.687. The summed E-state index contributed by atoms with van der Waals surface area (Å²) in [5.41, 5.74) is 0. The van der Waals surface area contributed by atoms with Crippen molar-refractivity contribution in [1.82, 2.24) is 0 Å². The van der Waals surface area contributed by atoms with Crippen molar-refractivity contribution in [3.05, 3.63) is 46.8 Å². The molecule has 0 aliphatic rings. The van der Waals surface area contributed by atoms with Crippen LogP contribution in [0.5, 0.6) is 0 Å². The molecule has 2 rings (SSSR count). The molecule has 0 bridgehead atoms. The fourth-order valence-corrected chi connectivity index (χ4v) is 1.37. The Kier molecular flexibility index (Phi) is 5.95. The van der Waals surface area contributed by atoms with Gasteiger partial charge in [-0.3, -0.25) is 4.39 Å². The van der Waals surface area contributed by atoms with E-state index >= 15 is 0 Å². The van der Waals surface area contributed by atoms with Crippen LogP contribution in [0.25, 0.3) is 10.8 Å². The van der Waals surface area contributed by atoms with E-state index in [4.69, 9.17) is 0 Å². The molecule has 0 fully saturated rings. The number of benzene rings is 2. The van der Waals surface area contributed by atoms with Crippen molar-refractivity contribution < 1.29 is 67.2 Å². The molecule has 0 aliphatic carbocycles. The zero-order valence-corrected chi connectivity index (χ0v) is 13.3. The Bertz CT molecular complexity index is 644. The van der Waals surface area contributed by atoms with E-state index in [0.717, 1.165) is 6.07 Å². The van der Waals surface area contributed by atoms with Crippen molar-refractivity contribution in [2.45, 2.75) is 0 Å². The number of halogens is 8. The molecule has 2 aromatic carbocycles. The van der Waals surface area contributed by atoms with Crippen molar-refractivity contribution in [1.29, 1.82) is 0 Å². The standard InChI is InChI=1S/C10F7.BrH.Zn/c11-2-1-3(12)6(13)5-4(2)7(14)9(16)10(17)8(5)15;;/h;1H;/q-1;;+2/p-1. The second-order valence-electron chi connectivity index (χ2n) is 3.07. The van der Waals surface area contributed by atoms with Gasteiger partial charge in [-0.1, -0.05) is 0 Å². The minimum Gasteiger partial charge on any atom is -1.00 e. The molecule has 0 unspecified atom stereocenters. The Morgan fingerprint density at radius 3 is 1.42 bits per heavy atom. The number of hydrogen-bond donors (Lipinski definition) is 0. The van der Waals surface area contributed by atoms with E-state index in [-0.39, 0.29) is 36.5 Å². The van der Waals surface area contributed by atoms with Crippen LogP contribution in [0.15, 0.2) is 0 Å². The summed E-state index contributed by atoms with van der Waals surface area (Å²) in [5, 5.41) is -3.16. The first-order chi connectivity index (χ1) is 7.86. The molecular formula is C10BrF7Zn. The summed E-state index contributed by atoms with van der Waals surface area (Å²) in [6.45, 7) is 0. The number of rotatable bonds is 0. The summed E-state index contributed by atoms with van der Waals surface area (Å²) < 4.78 is 90.4. The Labute approximate surface area is 125 Å². The van der Waals surface area contributed by atoms with Gasteiger partial charge < -0.3 is 17.0 Å². The van der Waals surface area contributed by atoms with E-state index in [1.807, 2.05) is 0 Å². The Balaban J connectivity index is 0.00000162. The predicted octanol–water partition coefficient (Wildman–Crippen LogP) is 0.615. The Morgan fingerprint density at radius 1 is 0.526 bits per heavy atom. The average Bonchev–Trinajstić information content (AvgIpc) is 2.28. The topological polar surface area (TPSA) is 0 Å². The molecule has 0 spiro atoms. The third-order valence-corrected chi connectivity index (χ3v) is 2.12. The molecule has 0 atom stereocenters. The van der Waals surface area contributed by atoms with Gasteiger partial charge in [-0.2, -0.15) is 0 Å². The van der Waals surface area contributed by atoms with Crippen molar-refractivity contribution in [3.63, 3.8) is 0 Å². The van der Waals surface area contributed by atoms with Gasteiger partial charge in [0.05, 0.1) is 5.82 Å². The van der Waals surface area contributed by atoms with Gasteiger partial charge in [0, 0.05) is 11.6 Å².